The molecule has 0 aromatic heterocycles. The summed E-state index contributed by atoms with van der Waals surface area (Å²) in [5.74, 6) is 1.03. The Morgan fingerprint density at radius 1 is 1.41 bits per heavy atom. The highest BCUT2D eigenvalue weighted by Gasteiger charge is 2.34. The quantitative estimate of drug-likeness (QED) is 0.875. The van der Waals surface area contributed by atoms with Crippen molar-refractivity contribution in [2.24, 2.45) is 5.92 Å². The van der Waals surface area contributed by atoms with Crippen molar-refractivity contribution in [2.45, 2.75) is 32.7 Å². The van der Waals surface area contributed by atoms with Gasteiger partial charge in [0.15, 0.2) is 5.12 Å². The first-order chi connectivity index (χ1) is 10.5. The number of aliphatic hydroxyl groups excluding tert-OH is 1. The van der Waals surface area contributed by atoms with Crippen molar-refractivity contribution in [3.8, 4) is 0 Å². The fourth-order valence-electron chi connectivity index (χ4n) is 2.87. The van der Waals surface area contributed by atoms with E-state index in [1.54, 1.807) is 6.92 Å². The predicted molar refractivity (Wildman–Crippen MR) is 88.6 cm³/mol. The zero-order valence-electron chi connectivity index (χ0n) is 13.1. The summed E-state index contributed by atoms with van der Waals surface area (Å²) in [4.78, 5) is 25.3. The lowest BCUT2D eigenvalue weighted by molar-refractivity contribution is -0.130. The highest BCUT2D eigenvalue weighted by Crippen LogP contribution is 2.32. The minimum absolute atomic E-state index is 0.0508. The Labute approximate surface area is 135 Å². The Morgan fingerprint density at radius 2 is 2.09 bits per heavy atom. The van der Waals surface area contributed by atoms with Crippen LogP contribution in [-0.4, -0.2) is 39.9 Å². The summed E-state index contributed by atoms with van der Waals surface area (Å²) in [7, 11) is 0. The normalized spacial score (nSPS) is 19.5. The zero-order valence-corrected chi connectivity index (χ0v) is 13.9. The van der Waals surface area contributed by atoms with Crippen molar-refractivity contribution < 1.29 is 14.7 Å². The maximum Gasteiger partial charge on any atom is 0.223 e. The van der Waals surface area contributed by atoms with Crippen LogP contribution in [0.3, 0.4) is 0 Å². The van der Waals surface area contributed by atoms with Gasteiger partial charge in [0.05, 0.1) is 6.04 Å². The fourth-order valence-corrected chi connectivity index (χ4v) is 3.56. The highest BCUT2D eigenvalue weighted by atomic mass is 32.2. The number of hydrogen-bond donors (Lipinski definition) is 1. The number of carbonyl (C=O) groups excluding carboxylic acids is 2. The zero-order chi connectivity index (χ0) is 16.1. The Bertz CT molecular complexity index is 529. The van der Waals surface area contributed by atoms with E-state index in [0.717, 1.165) is 5.56 Å². The van der Waals surface area contributed by atoms with Crippen molar-refractivity contribution in [3.05, 3.63) is 35.4 Å². The minimum atomic E-state index is -0.0783. The van der Waals surface area contributed by atoms with Crippen LogP contribution in [0.2, 0.25) is 0 Å². The fraction of sp³-hybridized carbons (Fsp3) is 0.529. The van der Waals surface area contributed by atoms with Crippen LogP contribution >= 0.6 is 11.8 Å². The van der Waals surface area contributed by atoms with Crippen LogP contribution in [0.4, 0.5) is 0 Å². The topological polar surface area (TPSA) is 57.6 Å². The van der Waals surface area contributed by atoms with Crippen molar-refractivity contribution in [1.82, 2.24) is 4.90 Å². The molecular weight excluding hydrogens is 298 g/mol. The second kappa shape index (κ2) is 7.79. The van der Waals surface area contributed by atoms with Crippen LogP contribution < -0.4 is 0 Å². The van der Waals surface area contributed by atoms with Crippen molar-refractivity contribution in [2.75, 3.05) is 18.9 Å². The van der Waals surface area contributed by atoms with E-state index in [9.17, 15) is 14.7 Å². The van der Waals surface area contributed by atoms with Gasteiger partial charge in [-0.05, 0) is 24.8 Å². The first-order valence-electron chi connectivity index (χ1n) is 7.61. The maximum atomic E-state index is 12.3. The molecule has 4 nitrogen and oxygen atoms in total. The average molecular weight is 321 g/mol. The molecule has 1 heterocycles. The molecule has 5 heteroatoms. The molecule has 1 aliphatic heterocycles. The molecule has 2 rings (SSSR count). The first kappa shape index (κ1) is 17.0. The van der Waals surface area contributed by atoms with Crippen molar-refractivity contribution >= 4 is 22.8 Å². The van der Waals surface area contributed by atoms with Gasteiger partial charge in [0, 0.05) is 32.2 Å². The number of nitrogens with zero attached hydrogens (tertiary/aromatic N) is 1. The monoisotopic (exact) mass is 321 g/mol. The van der Waals surface area contributed by atoms with E-state index in [4.69, 9.17) is 0 Å². The largest absolute Gasteiger partial charge is 0.396 e. The molecule has 0 bridgehead atoms. The molecule has 1 N–H and O–H groups in total. The third-order valence-electron chi connectivity index (χ3n) is 4.00. The van der Waals surface area contributed by atoms with Gasteiger partial charge in [0.25, 0.3) is 0 Å². The van der Waals surface area contributed by atoms with Gasteiger partial charge in [-0.2, -0.15) is 0 Å². The predicted octanol–water partition coefficient (Wildman–Crippen LogP) is 2.55. The lowest BCUT2D eigenvalue weighted by atomic mass is 10.0. The van der Waals surface area contributed by atoms with E-state index < -0.39 is 0 Å². The van der Waals surface area contributed by atoms with E-state index >= 15 is 0 Å². The molecule has 1 fully saturated rings. The van der Waals surface area contributed by atoms with Gasteiger partial charge in [0.2, 0.25) is 5.91 Å². The van der Waals surface area contributed by atoms with Crippen LogP contribution in [0.15, 0.2) is 24.3 Å². The molecule has 1 aliphatic rings. The van der Waals surface area contributed by atoms with E-state index in [1.165, 1.54) is 17.3 Å². The number of hydrogen-bond acceptors (Lipinski definition) is 4. The standard InChI is InChI=1S/C17H23NO3S/c1-12-3-5-15(6-4-12)16(7-8-19)18-10-14(9-17(18)21)11-22-13(2)20/h3-6,14,16,19H,7-11H2,1-2H3. The number of thioether (sulfide) groups is 1. The number of rotatable bonds is 6. The summed E-state index contributed by atoms with van der Waals surface area (Å²) < 4.78 is 0. The number of aliphatic hydroxyl groups is 1. The Hall–Kier alpha value is -1.33. The van der Waals surface area contributed by atoms with E-state index in [-0.39, 0.29) is 29.6 Å². The summed E-state index contributed by atoms with van der Waals surface area (Å²) in [6, 6.07) is 8.04. The molecule has 1 amide bonds. The second-order valence-corrected chi connectivity index (χ2v) is 7.05. The number of aryl methyl sites for hydroxylation is 1. The Balaban J connectivity index is 2.09. The lowest BCUT2D eigenvalue weighted by Gasteiger charge is -2.28. The van der Waals surface area contributed by atoms with Crippen molar-refractivity contribution in [1.29, 1.82) is 0 Å². The Kier molecular flexibility index (Phi) is 6.03. The molecular formula is C17H23NO3S. The molecule has 1 saturated heterocycles. The second-order valence-electron chi connectivity index (χ2n) is 5.86. The van der Waals surface area contributed by atoms with E-state index in [2.05, 4.69) is 0 Å². The highest BCUT2D eigenvalue weighted by molar-refractivity contribution is 8.13. The third kappa shape index (κ3) is 4.34. The molecule has 0 saturated carbocycles. The molecule has 2 atom stereocenters. The smallest absolute Gasteiger partial charge is 0.223 e. The number of amides is 1. The van der Waals surface area contributed by atoms with Gasteiger partial charge in [-0.15, -0.1) is 0 Å². The van der Waals surface area contributed by atoms with Gasteiger partial charge < -0.3 is 10.0 Å². The summed E-state index contributed by atoms with van der Waals surface area (Å²) in [6.45, 7) is 4.30. The van der Waals surface area contributed by atoms with Gasteiger partial charge in [-0.1, -0.05) is 41.6 Å². The molecule has 0 aliphatic carbocycles. The Morgan fingerprint density at radius 3 is 2.68 bits per heavy atom. The number of likely N-dealkylation sites (tertiary alicyclic amines) is 1. The molecule has 120 valence electrons. The van der Waals surface area contributed by atoms with E-state index in [1.807, 2.05) is 36.1 Å². The first-order valence-corrected chi connectivity index (χ1v) is 8.60. The number of carbonyl (C=O) groups is 2. The summed E-state index contributed by atoms with van der Waals surface area (Å²) in [5, 5.41) is 9.45. The van der Waals surface area contributed by atoms with Gasteiger partial charge >= 0.3 is 0 Å². The maximum absolute atomic E-state index is 12.3. The SMILES string of the molecule is CC(=O)SCC1CC(=O)N(C(CCO)c2ccc(C)cc2)C1. The summed E-state index contributed by atoms with van der Waals surface area (Å²) in [6.07, 6.45) is 1.04. The molecule has 1 aromatic rings. The lowest BCUT2D eigenvalue weighted by Crippen LogP contribution is -2.31. The van der Waals surface area contributed by atoms with Crippen molar-refractivity contribution in [3.63, 3.8) is 0 Å². The molecule has 1 aromatic carbocycles. The van der Waals surface area contributed by atoms with Crippen LogP contribution in [0, 0.1) is 12.8 Å². The van der Waals surface area contributed by atoms with Crippen LogP contribution in [-0.2, 0) is 9.59 Å². The average Bonchev–Trinajstić information content (AvgIpc) is 2.85. The molecule has 22 heavy (non-hydrogen) atoms. The van der Waals surface area contributed by atoms with Gasteiger partial charge in [0.1, 0.15) is 0 Å². The van der Waals surface area contributed by atoms with Gasteiger partial charge in [-0.25, -0.2) is 0 Å². The molecule has 0 radical (unpaired) electrons. The third-order valence-corrected chi connectivity index (χ3v) is 5.05. The summed E-state index contributed by atoms with van der Waals surface area (Å²) in [5.41, 5.74) is 2.24. The molecule has 2 unspecified atom stereocenters. The number of benzene rings is 1. The van der Waals surface area contributed by atoms with Crippen LogP contribution in [0.5, 0.6) is 0 Å². The van der Waals surface area contributed by atoms with Gasteiger partial charge in [-0.3, -0.25) is 9.59 Å². The molecule has 0 spiro atoms. The van der Waals surface area contributed by atoms with Crippen LogP contribution in [0.1, 0.15) is 36.9 Å². The van der Waals surface area contributed by atoms with E-state index in [0.29, 0.717) is 25.1 Å². The van der Waals surface area contributed by atoms with Crippen LogP contribution in [0.25, 0.3) is 0 Å². The summed E-state index contributed by atoms with van der Waals surface area (Å²) >= 11 is 1.29. The minimum Gasteiger partial charge on any atom is -0.396 e.